The average molecular weight is 229 g/mol. The van der Waals surface area contributed by atoms with Crippen molar-refractivity contribution in [3.05, 3.63) is 48.4 Å². The van der Waals surface area contributed by atoms with Gasteiger partial charge in [0.2, 0.25) is 0 Å². The number of likely N-dealkylation sites (N-methyl/N-ethyl adjacent to an activating group) is 1. The van der Waals surface area contributed by atoms with E-state index in [0.717, 1.165) is 29.2 Å². The summed E-state index contributed by atoms with van der Waals surface area (Å²) >= 11 is 0. The Balaban J connectivity index is 2.08. The van der Waals surface area contributed by atoms with E-state index < -0.39 is 0 Å². The predicted octanol–water partition coefficient (Wildman–Crippen LogP) is 0.0745. The van der Waals surface area contributed by atoms with Crippen LogP contribution in [-0.4, -0.2) is 23.6 Å². The summed E-state index contributed by atoms with van der Waals surface area (Å²) in [5.74, 6) is 5.66. The van der Waals surface area contributed by atoms with Gasteiger partial charge in [0.25, 0.3) is 0 Å². The maximum absolute atomic E-state index is 5.66. The van der Waals surface area contributed by atoms with Crippen molar-refractivity contribution in [3.63, 3.8) is 0 Å². The maximum Gasteiger partial charge on any atom is 0.0982 e. The van der Waals surface area contributed by atoms with Gasteiger partial charge >= 0.3 is 0 Å². The van der Waals surface area contributed by atoms with Crippen LogP contribution in [0.15, 0.2) is 42.9 Å². The summed E-state index contributed by atoms with van der Waals surface area (Å²) in [4.78, 5) is 8.33. The third-order valence-corrected chi connectivity index (χ3v) is 2.62. The fourth-order valence-electron chi connectivity index (χ4n) is 1.63. The third kappa shape index (κ3) is 3.34. The van der Waals surface area contributed by atoms with Gasteiger partial charge in [0.15, 0.2) is 0 Å². The molecular weight excluding hydrogens is 212 g/mol. The number of nitrogens with two attached hydrogens (primary N) is 1. The van der Waals surface area contributed by atoms with Gasteiger partial charge in [-0.3, -0.25) is 15.0 Å². The Morgan fingerprint density at radius 2 is 1.94 bits per heavy atom. The molecule has 0 fully saturated rings. The Kier molecular flexibility index (Phi) is 3.80. The molecule has 4 nitrogen and oxygen atoms in total. The minimum Gasteiger partial charge on any atom is -0.262 e. The largest absolute Gasteiger partial charge is 0.262 e. The van der Waals surface area contributed by atoms with Crippen LogP contribution in [0.25, 0.3) is 11.3 Å². The topological polar surface area (TPSA) is 56.2 Å². The molecule has 0 saturated carbocycles. The minimum atomic E-state index is 0.903. The van der Waals surface area contributed by atoms with E-state index in [0.29, 0.717) is 0 Å². The van der Waals surface area contributed by atoms with Crippen LogP contribution in [0.3, 0.4) is 0 Å². The molecule has 0 spiro atoms. The normalized spacial score (nSPS) is 12.4. The Morgan fingerprint density at radius 1 is 1.18 bits per heavy atom. The molecule has 2 rings (SSSR count). The molecular formula is C13H17N4+. The molecule has 1 heterocycles. The van der Waals surface area contributed by atoms with Crippen molar-refractivity contribution >= 4 is 0 Å². The Hall–Kier alpha value is -1.78. The van der Waals surface area contributed by atoms with Crippen LogP contribution >= 0.6 is 0 Å². The lowest BCUT2D eigenvalue weighted by Gasteiger charge is -2.06. The molecule has 0 amide bonds. The number of hydrogen-bond acceptors (Lipinski definition) is 3. The molecule has 1 unspecified atom stereocenters. The van der Waals surface area contributed by atoms with E-state index >= 15 is 0 Å². The zero-order chi connectivity index (χ0) is 12.1. The summed E-state index contributed by atoms with van der Waals surface area (Å²) in [5.41, 5.74) is 3.29. The fourth-order valence-corrected chi connectivity index (χ4v) is 1.63. The van der Waals surface area contributed by atoms with E-state index in [2.05, 4.69) is 34.2 Å². The molecule has 0 aliphatic heterocycles. The molecule has 1 aromatic carbocycles. The van der Waals surface area contributed by atoms with Crippen molar-refractivity contribution in [2.45, 2.75) is 6.42 Å². The van der Waals surface area contributed by atoms with Gasteiger partial charge in [-0.2, -0.15) is 5.84 Å². The first-order valence-corrected chi connectivity index (χ1v) is 5.69. The lowest BCUT2D eigenvalue weighted by molar-refractivity contribution is -0.892. The SMILES string of the molecule is C[NH+](N)CCc1ccc(-c2cnccn2)cc1. The molecule has 2 aromatic rings. The van der Waals surface area contributed by atoms with Crippen LogP contribution in [0.4, 0.5) is 0 Å². The number of hydrogen-bond donors (Lipinski definition) is 2. The minimum absolute atomic E-state index is 0.903. The zero-order valence-corrected chi connectivity index (χ0v) is 9.93. The Morgan fingerprint density at radius 3 is 2.53 bits per heavy atom. The summed E-state index contributed by atoms with van der Waals surface area (Å²) in [6.07, 6.45) is 6.14. The third-order valence-electron chi connectivity index (χ3n) is 2.62. The summed E-state index contributed by atoms with van der Waals surface area (Å²) < 4.78 is 0. The van der Waals surface area contributed by atoms with Gasteiger partial charge in [-0.15, -0.1) is 0 Å². The molecule has 88 valence electrons. The van der Waals surface area contributed by atoms with E-state index in [9.17, 15) is 0 Å². The lowest BCUT2D eigenvalue weighted by Crippen LogP contribution is -3.15. The highest BCUT2D eigenvalue weighted by molar-refractivity contribution is 5.58. The van der Waals surface area contributed by atoms with Crippen LogP contribution in [-0.2, 0) is 6.42 Å². The van der Waals surface area contributed by atoms with Crippen LogP contribution in [0, 0.1) is 0 Å². The lowest BCUT2D eigenvalue weighted by atomic mass is 10.1. The van der Waals surface area contributed by atoms with Gasteiger partial charge in [-0.25, -0.2) is 0 Å². The summed E-state index contributed by atoms with van der Waals surface area (Å²) in [6.45, 7) is 0.935. The first-order chi connectivity index (χ1) is 8.25. The first-order valence-electron chi connectivity index (χ1n) is 5.69. The van der Waals surface area contributed by atoms with Crippen molar-refractivity contribution < 1.29 is 5.01 Å². The smallest absolute Gasteiger partial charge is 0.0982 e. The molecule has 0 radical (unpaired) electrons. The molecule has 1 aromatic heterocycles. The summed E-state index contributed by atoms with van der Waals surface area (Å²) in [6, 6.07) is 8.39. The second-order valence-electron chi connectivity index (χ2n) is 4.13. The fraction of sp³-hybridized carbons (Fsp3) is 0.231. The number of rotatable bonds is 4. The molecule has 0 aliphatic rings. The van der Waals surface area contributed by atoms with Gasteiger partial charge in [-0.05, 0) is 5.56 Å². The summed E-state index contributed by atoms with van der Waals surface area (Å²) in [5, 5.41) is 0.975. The van der Waals surface area contributed by atoms with Gasteiger partial charge in [0.1, 0.15) is 0 Å². The van der Waals surface area contributed by atoms with Gasteiger partial charge in [0, 0.05) is 24.4 Å². The van der Waals surface area contributed by atoms with Crippen LogP contribution < -0.4 is 10.9 Å². The summed E-state index contributed by atoms with van der Waals surface area (Å²) in [7, 11) is 1.95. The van der Waals surface area contributed by atoms with Crippen molar-refractivity contribution in [2.24, 2.45) is 5.84 Å². The van der Waals surface area contributed by atoms with E-state index in [1.807, 2.05) is 7.05 Å². The van der Waals surface area contributed by atoms with E-state index in [1.54, 1.807) is 18.6 Å². The predicted molar refractivity (Wildman–Crippen MR) is 67.1 cm³/mol. The monoisotopic (exact) mass is 229 g/mol. The molecule has 17 heavy (non-hydrogen) atoms. The van der Waals surface area contributed by atoms with Crippen LogP contribution in [0.2, 0.25) is 0 Å². The maximum atomic E-state index is 5.66. The second-order valence-corrected chi connectivity index (χ2v) is 4.13. The number of aromatic nitrogens is 2. The number of nitrogens with one attached hydrogen (secondary N) is 1. The Bertz CT molecular complexity index is 451. The van der Waals surface area contributed by atoms with Gasteiger partial charge < -0.3 is 0 Å². The van der Waals surface area contributed by atoms with Crippen molar-refractivity contribution in [2.75, 3.05) is 13.6 Å². The molecule has 0 aliphatic carbocycles. The van der Waals surface area contributed by atoms with E-state index in [4.69, 9.17) is 5.84 Å². The molecule has 4 heteroatoms. The standard InChI is InChI=1S/C13H16N4/c1-17(14)9-6-11-2-4-12(5-3-11)13-10-15-7-8-16-13/h2-5,7-8,10H,6,9,14H2,1H3/p+1. The highest BCUT2D eigenvalue weighted by atomic mass is 15.4. The van der Waals surface area contributed by atoms with Crippen LogP contribution in [0.1, 0.15) is 5.56 Å². The van der Waals surface area contributed by atoms with Crippen LogP contribution in [0.5, 0.6) is 0 Å². The van der Waals surface area contributed by atoms with Crippen molar-refractivity contribution in [3.8, 4) is 11.3 Å². The van der Waals surface area contributed by atoms with Gasteiger partial charge in [0.05, 0.1) is 25.5 Å². The number of benzene rings is 1. The Labute approximate surface area is 101 Å². The molecule has 0 saturated heterocycles. The highest BCUT2D eigenvalue weighted by Crippen LogP contribution is 2.15. The molecule has 0 bridgehead atoms. The number of nitrogens with zero attached hydrogens (tertiary/aromatic N) is 2. The zero-order valence-electron chi connectivity index (χ0n) is 9.93. The first kappa shape index (κ1) is 11.7. The van der Waals surface area contributed by atoms with Crippen molar-refractivity contribution in [1.82, 2.24) is 9.97 Å². The van der Waals surface area contributed by atoms with E-state index in [1.165, 1.54) is 5.56 Å². The number of quaternary nitrogens is 1. The highest BCUT2D eigenvalue weighted by Gasteiger charge is 2.00. The second kappa shape index (κ2) is 5.52. The average Bonchev–Trinajstić information content (AvgIpc) is 2.38. The van der Waals surface area contributed by atoms with Gasteiger partial charge in [-0.1, -0.05) is 24.3 Å². The van der Waals surface area contributed by atoms with E-state index in [-0.39, 0.29) is 0 Å². The van der Waals surface area contributed by atoms with Crippen molar-refractivity contribution in [1.29, 1.82) is 0 Å². The quantitative estimate of drug-likeness (QED) is 0.576. The molecule has 1 atom stereocenters. The molecule has 3 N–H and O–H groups in total.